The van der Waals surface area contributed by atoms with Gasteiger partial charge < -0.3 is 19.1 Å². The van der Waals surface area contributed by atoms with Crippen LogP contribution >= 0.6 is 0 Å². The third kappa shape index (κ3) is 3.99. The van der Waals surface area contributed by atoms with Crippen LogP contribution in [0.15, 0.2) is 28.8 Å². The number of likely N-dealkylation sites (tertiary alicyclic amines) is 1. The number of hydrogen-bond acceptors (Lipinski definition) is 6. The van der Waals surface area contributed by atoms with Crippen LogP contribution in [0, 0.1) is 12.8 Å². The molecule has 7 nitrogen and oxygen atoms in total. The maximum Gasteiger partial charge on any atom is 0.253 e. The SMILES string of the molecule is Cc1nc(COc2ccc(C(=O)N3C[C@@H](C)[C@H](N(C)C)C3)cc2)no1. The largest absolute Gasteiger partial charge is 0.485 e. The van der Waals surface area contributed by atoms with Crippen LogP contribution in [0.1, 0.15) is 29.0 Å². The number of carbonyl (C=O) groups is 1. The molecule has 0 spiro atoms. The molecule has 25 heavy (non-hydrogen) atoms. The van der Waals surface area contributed by atoms with E-state index in [-0.39, 0.29) is 12.5 Å². The molecule has 2 aromatic rings. The monoisotopic (exact) mass is 344 g/mol. The lowest BCUT2D eigenvalue weighted by molar-refractivity contribution is 0.0781. The second-order valence-electron chi connectivity index (χ2n) is 6.76. The third-order valence-electron chi connectivity index (χ3n) is 4.56. The minimum atomic E-state index is 0.0662. The van der Waals surface area contributed by atoms with Gasteiger partial charge in [0.1, 0.15) is 5.75 Å². The topological polar surface area (TPSA) is 71.7 Å². The molecule has 7 heteroatoms. The zero-order chi connectivity index (χ0) is 18.0. The first kappa shape index (κ1) is 17.4. The maximum atomic E-state index is 12.7. The molecule has 0 unspecified atom stereocenters. The summed E-state index contributed by atoms with van der Waals surface area (Å²) in [5.74, 6) is 2.21. The fraction of sp³-hybridized carbons (Fsp3) is 0.500. The van der Waals surface area contributed by atoms with Gasteiger partial charge in [0.05, 0.1) is 0 Å². The Morgan fingerprint density at radius 2 is 2.04 bits per heavy atom. The van der Waals surface area contributed by atoms with Gasteiger partial charge in [0, 0.05) is 31.6 Å². The first-order valence-electron chi connectivity index (χ1n) is 8.42. The number of nitrogens with zero attached hydrogens (tertiary/aromatic N) is 4. The molecule has 0 saturated carbocycles. The summed E-state index contributed by atoms with van der Waals surface area (Å²) in [4.78, 5) is 20.9. The molecule has 0 N–H and O–H groups in total. The Balaban J connectivity index is 1.59. The highest BCUT2D eigenvalue weighted by Gasteiger charge is 2.33. The number of rotatable bonds is 5. The average Bonchev–Trinajstić information content (AvgIpc) is 3.18. The molecule has 134 valence electrons. The zero-order valence-electron chi connectivity index (χ0n) is 15.1. The van der Waals surface area contributed by atoms with Gasteiger partial charge in [0.15, 0.2) is 6.61 Å². The predicted molar refractivity (Wildman–Crippen MR) is 92.4 cm³/mol. The maximum absolute atomic E-state index is 12.7. The molecule has 1 aliphatic rings. The van der Waals surface area contributed by atoms with Crippen molar-refractivity contribution in [2.45, 2.75) is 26.5 Å². The lowest BCUT2D eigenvalue weighted by Crippen LogP contribution is -2.35. The summed E-state index contributed by atoms with van der Waals surface area (Å²) in [6, 6.07) is 7.59. The standard InChI is InChI=1S/C18H24N4O3/c1-12-9-22(10-16(12)21(3)4)18(23)14-5-7-15(8-6-14)24-11-17-19-13(2)25-20-17/h5-8,12,16H,9-11H2,1-4H3/t12-,16-/m1/s1. The second-order valence-corrected chi connectivity index (χ2v) is 6.76. The van der Waals surface area contributed by atoms with E-state index < -0.39 is 0 Å². The van der Waals surface area contributed by atoms with Gasteiger partial charge >= 0.3 is 0 Å². The molecule has 1 aromatic heterocycles. The minimum Gasteiger partial charge on any atom is -0.485 e. The Morgan fingerprint density at radius 1 is 1.32 bits per heavy atom. The molecule has 3 rings (SSSR count). The number of aryl methyl sites for hydroxylation is 1. The van der Waals surface area contributed by atoms with Crippen molar-refractivity contribution in [3.8, 4) is 5.75 Å². The molecule has 1 saturated heterocycles. The van der Waals surface area contributed by atoms with Crippen molar-refractivity contribution in [2.24, 2.45) is 5.92 Å². The van der Waals surface area contributed by atoms with E-state index in [1.54, 1.807) is 31.2 Å². The van der Waals surface area contributed by atoms with Gasteiger partial charge in [0.2, 0.25) is 11.7 Å². The van der Waals surface area contributed by atoms with E-state index in [1.165, 1.54) is 0 Å². The van der Waals surface area contributed by atoms with Gasteiger partial charge in [0.25, 0.3) is 5.91 Å². The van der Waals surface area contributed by atoms with Gasteiger partial charge in [-0.1, -0.05) is 12.1 Å². The minimum absolute atomic E-state index is 0.0662. The molecule has 2 heterocycles. The van der Waals surface area contributed by atoms with Crippen LogP contribution < -0.4 is 4.74 Å². The lowest BCUT2D eigenvalue weighted by Gasteiger charge is -2.22. The Bertz CT molecular complexity index is 726. The van der Waals surface area contributed by atoms with Crippen LogP contribution in [0.4, 0.5) is 0 Å². The van der Waals surface area contributed by atoms with E-state index in [0.717, 1.165) is 13.1 Å². The Kier molecular flexibility index (Phi) is 5.03. The van der Waals surface area contributed by atoms with Crippen molar-refractivity contribution >= 4 is 5.91 Å². The van der Waals surface area contributed by atoms with Crippen molar-refractivity contribution in [1.29, 1.82) is 0 Å². The second kappa shape index (κ2) is 7.23. The van der Waals surface area contributed by atoms with Gasteiger partial charge in [-0.15, -0.1) is 0 Å². The van der Waals surface area contributed by atoms with Crippen molar-refractivity contribution in [3.05, 3.63) is 41.5 Å². The first-order chi connectivity index (χ1) is 11.9. The number of carbonyl (C=O) groups excluding carboxylic acids is 1. The van der Waals surface area contributed by atoms with Crippen LogP contribution in [-0.2, 0) is 6.61 Å². The number of aromatic nitrogens is 2. The number of benzene rings is 1. The molecule has 0 radical (unpaired) electrons. The highest BCUT2D eigenvalue weighted by molar-refractivity contribution is 5.94. The van der Waals surface area contributed by atoms with E-state index in [4.69, 9.17) is 9.26 Å². The lowest BCUT2D eigenvalue weighted by atomic mass is 10.1. The molecular formula is C18H24N4O3. The van der Waals surface area contributed by atoms with Crippen molar-refractivity contribution in [2.75, 3.05) is 27.2 Å². The first-order valence-corrected chi connectivity index (χ1v) is 8.42. The summed E-state index contributed by atoms with van der Waals surface area (Å²) >= 11 is 0. The molecule has 1 fully saturated rings. The molecule has 0 aliphatic carbocycles. The summed E-state index contributed by atoms with van der Waals surface area (Å²) in [6.07, 6.45) is 0. The number of ether oxygens (including phenoxy) is 1. The van der Waals surface area contributed by atoms with E-state index in [0.29, 0.717) is 35.0 Å². The molecule has 1 aromatic carbocycles. The fourth-order valence-corrected chi connectivity index (χ4v) is 3.21. The molecule has 0 bridgehead atoms. The van der Waals surface area contributed by atoms with Gasteiger partial charge in [-0.3, -0.25) is 4.79 Å². The van der Waals surface area contributed by atoms with Crippen molar-refractivity contribution in [3.63, 3.8) is 0 Å². The number of likely N-dealkylation sites (N-methyl/N-ethyl adjacent to an activating group) is 1. The molecule has 1 amide bonds. The van der Waals surface area contributed by atoms with E-state index >= 15 is 0 Å². The summed E-state index contributed by atoms with van der Waals surface area (Å²) in [5.41, 5.74) is 0.675. The van der Waals surface area contributed by atoms with Crippen LogP contribution in [0.3, 0.4) is 0 Å². The van der Waals surface area contributed by atoms with Crippen LogP contribution in [-0.4, -0.2) is 59.1 Å². The van der Waals surface area contributed by atoms with Crippen molar-refractivity contribution < 1.29 is 14.1 Å². The summed E-state index contributed by atoms with van der Waals surface area (Å²) in [7, 11) is 4.12. The normalized spacial score (nSPS) is 20.3. The van der Waals surface area contributed by atoms with Gasteiger partial charge in [-0.05, 0) is 44.3 Å². The number of hydrogen-bond donors (Lipinski definition) is 0. The summed E-state index contributed by atoms with van der Waals surface area (Å²) in [5, 5.41) is 3.78. The molecule has 1 aliphatic heterocycles. The average molecular weight is 344 g/mol. The number of amides is 1. The van der Waals surface area contributed by atoms with Crippen LogP contribution in [0.5, 0.6) is 5.75 Å². The zero-order valence-corrected chi connectivity index (χ0v) is 15.1. The summed E-state index contributed by atoms with van der Waals surface area (Å²) < 4.78 is 10.5. The van der Waals surface area contributed by atoms with Crippen LogP contribution in [0.2, 0.25) is 0 Å². The Labute approximate surface area is 147 Å². The third-order valence-corrected chi connectivity index (χ3v) is 4.56. The fourth-order valence-electron chi connectivity index (χ4n) is 3.21. The quantitative estimate of drug-likeness (QED) is 0.826. The van der Waals surface area contributed by atoms with Gasteiger partial charge in [-0.25, -0.2) is 0 Å². The molecular weight excluding hydrogens is 320 g/mol. The van der Waals surface area contributed by atoms with Crippen molar-refractivity contribution in [1.82, 2.24) is 19.9 Å². The Hall–Kier alpha value is -2.41. The smallest absolute Gasteiger partial charge is 0.253 e. The van der Waals surface area contributed by atoms with Crippen LogP contribution in [0.25, 0.3) is 0 Å². The molecule has 2 atom stereocenters. The van der Waals surface area contributed by atoms with E-state index in [9.17, 15) is 4.79 Å². The summed E-state index contributed by atoms with van der Waals surface area (Å²) in [6.45, 7) is 5.71. The van der Waals surface area contributed by atoms with E-state index in [1.807, 2.05) is 4.90 Å². The van der Waals surface area contributed by atoms with E-state index in [2.05, 4.69) is 36.1 Å². The highest BCUT2D eigenvalue weighted by Crippen LogP contribution is 2.23. The van der Waals surface area contributed by atoms with Gasteiger partial charge in [-0.2, -0.15) is 4.98 Å². The highest BCUT2D eigenvalue weighted by atomic mass is 16.5. The predicted octanol–water partition coefficient (Wildman–Crippen LogP) is 1.98. The Morgan fingerprint density at radius 3 is 2.60 bits per heavy atom.